The van der Waals surface area contributed by atoms with Gasteiger partial charge in [0, 0.05) is 44.7 Å². The Labute approximate surface area is 169 Å². The fourth-order valence-electron chi connectivity index (χ4n) is 4.31. The van der Waals surface area contributed by atoms with Crippen molar-refractivity contribution in [3.05, 3.63) is 81.9 Å². The summed E-state index contributed by atoms with van der Waals surface area (Å²) in [6, 6.07) is 16.4. The summed E-state index contributed by atoms with van der Waals surface area (Å²) in [4.78, 5) is 27.0. The number of benzene rings is 1. The van der Waals surface area contributed by atoms with E-state index >= 15 is 0 Å². The van der Waals surface area contributed by atoms with E-state index in [-0.39, 0.29) is 11.6 Å². The van der Waals surface area contributed by atoms with Crippen LogP contribution in [0.1, 0.15) is 22.9 Å². The van der Waals surface area contributed by atoms with Crippen molar-refractivity contribution in [2.24, 2.45) is 5.92 Å². The second-order valence-corrected chi connectivity index (χ2v) is 7.71. The molecule has 2 unspecified atom stereocenters. The molecule has 148 valence electrons. The van der Waals surface area contributed by atoms with Gasteiger partial charge >= 0.3 is 0 Å². The number of hydrogen-bond acceptors (Lipinski definition) is 6. The minimum atomic E-state index is -0.0531. The molecule has 2 atom stereocenters. The van der Waals surface area contributed by atoms with Crippen LogP contribution in [0.2, 0.25) is 0 Å². The Morgan fingerprint density at radius 1 is 1.10 bits per heavy atom. The maximum Gasteiger partial charge on any atom is 0.255 e. The molecule has 3 N–H and O–H groups in total. The number of hydrazine groups is 1. The van der Waals surface area contributed by atoms with Crippen molar-refractivity contribution in [1.29, 1.82) is 0 Å². The van der Waals surface area contributed by atoms with Crippen LogP contribution in [0.5, 0.6) is 0 Å². The number of fused-ring (bicyclic) bond motifs is 1. The molecule has 0 aliphatic carbocycles. The van der Waals surface area contributed by atoms with Crippen LogP contribution in [0.15, 0.2) is 59.5 Å². The number of nitrogens with one attached hydrogen (secondary N) is 3. The highest BCUT2D eigenvalue weighted by Crippen LogP contribution is 2.27. The number of hydrogen-bond donors (Lipinski definition) is 3. The lowest BCUT2D eigenvalue weighted by Crippen LogP contribution is -2.40. The van der Waals surface area contributed by atoms with Crippen molar-refractivity contribution in [3.63, 3.8) is 0 Å². The summed E-state index contributed by atoms with van der Waals surface area (Å²) < 4.78 is 0. The van der Waals surface area contributed by atoms with Crippen LogP contribution in [0.4, 0.5) is 0 Å². The molecule has 1 fully saturated rings. The highest BCUT2D eigenvalue weighted by atomic mass is 16.1. The topological polar surface area (TPSA) is 85.9 Å². The molecule has 0 radical (unpaired) electrons. The molecule has 0 bridgehead atoms. The predicted octanol–water partition coefficient (Wildman–Crippen LogP) is 1.66. The molecule has 0 saturated carbocycles. The maximum atomic E-state index is 12.8. The standard InChI is InChI=1S/C22H24N6O/c29-22-17-14-28(13-16-12-24-27-20(16)15-6-2-1-3-7-15)11-9-18(17)25-21(26-22)19-8-4-5-10-23-19/h1-8,10,16,20,24,27H,9,11-14H2,(H,25,26,29). The lowest BCUT2D eigenvalue weighted by Gasteiger charge is -2.31. The van der Waals surface area contributed by atoms with Gasteiger partial charge in [0.05, 0.1) is 17.3 Å². The zero-order valence-corrected chi connectivity index (χ0v) is 16.1. The van der Waals surface area contributed by atoms with E-state index in [0.29, 0.717) is 24.0 Å². The van der Waals surface area contributed by atoms with Crippen LogP contribution in [0.3, 0.4) is 0 Å². The van der Waals surface area contributed by atoms with Crippen molar-refractivity contribution in [1.82, 2.24) is 30.7 Å². The number of nitrogens with zero attached hydrogens (tertiary/aromatic N) is 3. The van der Waals surface area contributed by atoms with Gasteiger partial charge in [0.2, 0.25) is 0 Å². The van der Waals surface area contributed by atoms with Crippen LogP contribution in [-0.2, 0) is 13.0 Å². The van der Waals surface area contributed by atoms with E-state index in [1.165, 1.54) is 5.56 Å². The predicted molar refractivity (Wildman–Crippen MR) is 111 cm³/mol. The number of aromatic nitrogens is 3. The van der Waals surface area contributed by atoms with Gasteiger partial charge in [-0.3, -0.25) is 20.1 Å². The van der Waals surface area contributed by atoms with Crippen LogP contribution in [-0.4, -0.2) is 39.5 Å². The van der Waals surface area contributed by atoms with Gasteiger partial charge in [-0.15, -0.1) is 0 Å². The van der Waals surface area contributed by atoms with E-state index in [0.717, 1.165) is 37.3 Å². The maximum absolute atomic E-state index is 12.8. The van der Waals surface area contributed by atoms with Crippen LogP contribution in [0.25, 0.3) is 11.5 Å². The van der Waals surface area contributed by atoms with Crippen molar-refractivity contribution in [2.45, 2.75) is 19.0 Å². The van der Waals surface area contributed by atoms with Crippen molar-refractivity contribution in [3.8, 4) is 11.5 Å². The van der Waals surface area contributed by atoms with Gasteiger partial charge in [0.15, 0.2) is 5.82 Å². The second kappa shape index (κ2) is 7.87. The quantitative estimate of drug-likeness (QED) is 0.630. The minimum Gasteiger partial charge on any atom is -0.305 e. The molecular weight excluding hydrogens is 364 g/mol. The summed E-state index contributed by atoms with van der Waals surface area (Å²) in [5, 5.41) is 0. The average Bonchev–Trinajstić information content (AvgIpc) is 3.23. The van der Waals surface area contributed by atoms with Crippen LogP contribution in [0, 0.1) is 5.92 Å². The lowest BCUT2D eigenvalue weighted by molar-refractivity contribution is 0.207. The molecule has 3 aromatic rings. The van der Waals surface area contributed by atoms with E-state index in [2.05, 4.69) is 50.0 Å². The van der Waals surface area contributed by atoms with Gasteiger partial charge in [-0.25, -0.2) is 10.4 Å². The highest BCUT2D eigenvalue weighted by Gasteiger charge is 2.31. The Kier molecular flexibility index (Phi) is 4.93. The fourth-order valence-corrected chi connectivity index (χ4v) is 4.31. The third kappa shape index (κ3) is 3.72. The molecule has 1 aromatic carbocycles. The van der Waals surface area contributed by atoms with E-state index in [1.54, 1.807) is 6.20 Å². The SMILES string of the molecule is O=c1[nH]c(-c2ccccn2)nc2c1CN(CC1CNNC1c1ccccc1)CC2. The van der Waals surface area contributed by atoms with Crippen molar-refractivity contribution in [2.75, 3.05) is 19.6 Å². The normalized spacial score (nSPS) is 21.8. The van der Waals surface area contributed by atoms with E-state index in [9.17, 15) is 4.79 Å². The van der Waals surface area contributed by atoms with Crippen molar-refractivity contribution >= 4 is 0 Å². The average molecular weight is 388 g/mol. The number of rotatable bonds is 4. The Morgan fingerprint density at radius 2 is 1.97 bits per heavy atom. The molecule has 29 heavy (non-hydrogen) atoms. The van der Waals surface area contributed by atoms with Gasteiger partial charge in [-0.1, -0.05) is 36.4 Å². The highest BCUT2D eigenvalue weighted by molar-refractivity contribution is 5.49. The molecular formula is C22H24N6O. The van der Waals surface area contributed by atoms with Crippen LogP contribution < -0.4 is 16.4 Å². The smallest absolute Gasteiger partial charge is 0.255 e. The molecule has 0 spiro atoms. The van der Waals surface area contributed by atoms with E-state index < -0.39 is 0 Å². The van der Waals surface area contributed by atoms with Gasteiger partial charge in [-0.2, -0.15) is 0 Å². The fraction of sp³-hybridized carbons (Fsp3) is 0.318. The molecule has 7 heteroatoms. The van der Waals surface area contributed by atoms with Gasteiger partial charge in [0.1, 0.15) is 5.69 Å². The molecule has 1 saturated heterocycles. The zero-order valence-electron chi connectivity index (χ0n) is 16.1. The Bertz CT molecular complexity index is 1040. The molecule has 2 aromatic heterocycles. The number of H-pyrrole nitrogens is 1. The third-order valence-electron chi connectivity index (χ3n) is 5.80. The molecule has 5 rings (SSSR count). The van der Waals surface area contributed by atoms with Crippen molar-refractivity contribution < 1.29 is 0 Å². The second-order valence-electron chi connectivity index (χ2n) is 7.71. The summed E-state index contributed by atoms with van der Waals surface area (Å²) in [5.41, 5.74) is 10.3. The number of aromatic amines is 1. The van der Waals surface area contributed by atoms with Gasteiger partial charge in [0.25, 0.3) is 5.56 Å². The Balaban J connectivity index is 1.33. The summed E-state index contributed by atoms with van der Waals surface area (Å²) in [6.07, 6.45) is 2.49. The zero-order chi connectivity index (χ0) is 19.6. The first-order valence-electron chi connectivity index (χ1n) is 10.1. The largest absolute Gasteiger partial charge is 0.305 e. The molecule has 4 heterocycles. The summed E-state index contributed by atoms with van der Waals surface area (Å²) in [5.74, 6) is 0.995. The molecule has 7 nitrogen and oxygen atoms in total. The summed E-state index contributed by atoms with van der Waals surface area (Å²) in [7, 11) is 0. The monoisotopic (exact) mass is 388 g/mol. The van der Waals surface area contributed by atoms with Crippen LogP contribution >= 0.6 is 0 Å². The number of pyridine rings is 1. The lowest BCUT2D eigenvalue weighted by atomic mass is 9.93. The first kappa shape index (κ1) is 18.2. The molecule has 2 aliphatic heterocycles. The molecule has 0 amide bonds. The summed E-state index contributed by atoms with van der Waals surface area (Å²) >= 11 is 0. The van der Waals surface area contributed by atoms with Gasteiger partial charge < -0.3 is 4.98 Å². The molecule has 2 aliphatic rings. The van der Waals surface area contributed by atoms with Gasteiger partial charge in [-0.05, 0) is 17.7 Å². The third-order valence-corrected chi connectivity index (χ3v) is 5.80. The minimum absolute atomic E-state index is 0.0531. The van der Waals surface area contributed by atoms with E-state index in [1.807, 2.05) is 24.3 Å². The first-order valence-corrected chi connectivity index (χ1v) is 10.1. The first-order chi connectivity index (χ1) is 14.3. The Hall–Kier alpha value is -2.87. The Morgan fingerprint density at radius 3 is 2.79 bits per heavy atom. The summed E-state index contributed by atoms with van der Waals surface area (Å²) in [6.45, 7) is 3.39. The van der Waals surface area contributed by atoms with E-state index in [4.69, 9.17) is 4.98 Å².